The van der Waals surface area contributed by atoms with Crippen LogP contribution in [0.2, 0.25) is 0 Å². The normalized spacial score (nSPS) is 21.0. The zero-order valence-corrected chi connectivity index (χ0v) is 12.5. The van der Waals surface area contributed by atoms with Crippen LogP contribution in [0.3, 0.4) is 0 Å². The molecule has 1 aliphatic rings. The zero-order valence-electron chi connectivity index (χ0n) is 12.5. The first-order valence-corrected chi connectivity index (χ1v) is 7.66. The molecule has 0 saturated carbocycles. The van der Waals surface area contributed by atoms with Crippen LogP contribution in [-0.2, 0) is 0 Å². The number of imidazole rings is 1. The van der Waals surface area contributed by atoms with Crippen molar-refractivity contribution in [2.45, 2.75) is 18.6 Å². The molecule has 118 valence electrons. The number of benzene rings is 1. The number of alkyl halides is 1. The lowest BCUT2D eigenvalue weighted by Crippen LogP contribution is -2.35. The minimum absolute atomic E-state index is 0.0231. The summed E-state index contributed by atoms with van der Waals surface area (Å²) in [6.45, 7) is 0.946. The summed E-state index contributed by atoms with van der Waals surface area (Å²) in [5, 5.41) is 11.2. The molecule has 2 N–H and O–H groups in total. The molecule has 23 heavy (non-hydrogen) atoms. The average molecular weight is 312 g/mol. The molecule has 0 spiro atoms. The van der Waals surface area contributed by atoms with Crippen LogP contribution in [0.25, 0.3) is 11.0 Å². The number of aromatic amines is 1. The van der Waals surface area contributed by atoms with Crippen molar-refractivity contribution in [3.63, 3.8) is 0 Å². The molecule has 6 nitrogen and oxygen atoms in total. The van der Waals surface area contributed by atoms with Gasteiger partial charge in [0.1, 0.15) is 6.17 Å². The van der Waals surface area contributed by atoms with Crippen molar-refractivity contribution in [2.24, 2.45) is 0 Å². The maximum absolute atomic E-state index is 13.9. The van der Waals surface area contributed by atoms with Gasteiger partial charge >= 0.3 is 0 Å². The molecule has 0 bridgehead atoms. The van der Waals surface area contributed by atoms with E-state index in [0.29, 0.717) is 31.3 Å². The van der Waals surface area contributed by atoms with E-state index in [0.717, 1.165) is 11.0 Å². The van der Waals surface area contributed by atoms with Gasteiger partial charge in [0.05, 0.1) is 23.6 Å². The number of fused-ring (bicyclic) bond motifs is 1. The highest BCUT2D eigenvalue weighted by atomic mass is 19.1. The summed E-state index contributed by atoms with van der Waals surface area (Å²) in [5.41, 5.74) is 1.89. The van der Waals surface area contributed by atoms with Crippen molar-refractivity contribution in [1.82, 2.24) is 20.2 Å². The fourth-order valence-electron chi connectivity index (χ4n) is 3.03. The molecule has 3 heterocycles. The van der Waals surface area contributed by atoms with Gasteiger partial charge in [0, 0.05) is 19.2 Å². The fourth-order valence-corrected chi connectivity index (χ4v) is 3.03. The second-order valence-electron chi connectivity index (χ2n) is 5.70. The highest BCUT2D eigenvalue weighted by Gasteiger charge is 2.33. The van der Waals surface area contributed by atoms with E-state index in [-0.39, 0.29) is 6.04 Å². The van der Waals surface area contributed by atoms with Crippen LogP contribution in [0.1, 0.15) is 6.42 Å². The third-order valence-electron chi connectivity index (χ3n) is 4.11. The Hall–Kier alpha value is -2.70. The van der Waals surface area contributed by atoms with Gasteiger partial charge in [-0.15, -0.1) is 5.10 Å². The van der Waals surface area contributed by atoms with Gasteiger partial charge in [0.2, 0.25) is 5.95 Å². The molecule has 1 saturated heterocycles. The fraction of sp³-hybridized carbons (Fsp3) is 0.312. The Balaban J connectivity index is 1.48. The SMILES string of the molecule is F[C@H]1C[C@@H](CNc2nc3ccccc3[nH]2)N(c2cccnn2)C1. The molecule has 3 aromatic rings. The maximum atomic E-state index is 13.9. The van der Waals surface area contributed by atoms with Crippen molar-refractivity contribution < 1.29 is 4.39 Å². The van der Waals surface area contributed by atoms with Gasteiger partial charge in [-0.2, -0.15) is 5.10 Å². The quantitative estimate of drug-likeness (QED) is 0.774. The summed E-state index contributed by atoms with van der Waals surface area (Å²) < 4.78 is 13.9. The first-order valence-electron chi connectivity index (χ1n) is 7.66. The summed E-state index contributed by atoms with van der Waals surface area (Å²) in [6, 6.07) is 11.5. The summed E-state index contributed by atoms with van der Waals surface area (Å²) in [7, 11) is 0. The number of hydrogen-bond donors (Lipinski definition) is 2. The van der Waals surface area contributed by atoms with Crippen molar-refractivity contribution in [2.75, 3.05) is 23.3 Å². The van der Waals surface area contributed by atoms with Gasteiger partial charge in [0.25, 0.3) is 0 Å². The number of para-hydroxylation sites is 2. The van der Waals surface area contributed by atoms with Gasteiger partial charge in [0.15, 0.2) is 5.82 Å². The van der Waals surface area contributed by atoms with E-state index >= 15 is 0 Å². The van der Waals surface area contributed by atoms with Crippen LogP contribution in [0.4, 0.5) is 16.2 Å². The Morgan fingerprint density at radius 3 is 3.00 bits per heavy atom. The van der Waals surface area contributed by atoms with Gasteiger partial charge in [-0.1, -0.05) is 12.1 Å². The monoisotopic (exact) mass is 312 g/mol. The molecule has 2 aromatic heterocycles. The molecule has 0 amide bonds. The molecule has 1 fully saturated rings. The number of anilines is 2. The lowest BCUT2D eigenvalue weighted by atomic mass is 10.2. The standard InChI is InChI=1S/C16H17FN6/c17-11-8-12(23(10-11)15-6-3-7-19-22-15)9-18-16-20-13-4-1-2-5-14(13)21-16/h1-7,11-12H,8-10H2,(H2,18,20,21)/t11-,12-/m0/s1. The van der Waals surface area contributed by atoms with Gasteiger partial charge in [-0.05, 0) is 24.3 Å². The molecule has 0 aliphatic carbocycles. The summed E-state index contributed by atoms with van der Waals surface area (Å²) >= 11 is 0. The Morgan fingerprint density at radius 2 is 2.17 bits per heavy atom. The molecule has 2 atom stereocenters. The molecule has 7 heteroatoms. The second kappa shape index (κ2) is 5.83. The number of rotatable bonds is 4. The number of aromatic nitrogens is 4. The summed E-state index contributed by atoms with van der Waals surface area (Å²) in [5.74, 6) is 1.41. The predicted molar refractivity (Wildman–Crippen MR) is 87.3 cm³/mol. The number of hydrogen-bond acceptors (Lipinski definition) is 5. The number of nitrogens with zero attached hydrogens (tertiary/aromatic N) is 4. The van der Waals surface area contributed by atoms with Gasteiger partial charge < -0.3 is 15.2 Å². The van der Waals surface area contributed by atoms with E-state index in [2.05, 4.69) is 25.5 Å². The van der Waals surface area contributed by atoms with E-state index in [4.69, 9.17) is 0 Å². The highest BCUT2D eigenvalue weighted by molar-refractivity contribution is 5.77. The Morgan fingerprint density at radius 1 is 1.26 bits per heavy atom. The summed E-state index contributed by atoms with van der Waals surface area (Å²) in [6.07, 6.45) is 1.25. The van der Waals surface area contributed by atoms with Crippen LogP contribution >= 0.6 is 0 Å². The lowest BCUT2D eigenvalue weighted by molar-refractivity contribution is 0.357. The average Bonchev–Trinajstić information content (AvgIpc) is 3.16. The smallest absolute Gasteiger partial charge is 0.201 e. The number of nitrogens with one attached hydrogen (secondary N) is 2. The first-order chi connectivity index (χ1) is 11.3. The van der Waals surface area contributed by atoms with Gasteiger partial charge in [-0.3, -0.25) is 0 Å². The molecular weight excluding hydrogens is 295 g/mol. The molecular formula is C16H17FN6. The zero-order chi connectivity index (χ0) is 15.6. The van der Waals surface area contributed by atoms with Crippen LogP contribution < -0.4 is 10.2 Å². The topological polar surface area (TPSA) is 69.7 Å². The van der Waals surface area contributed by atoms with Crippen LogP contribution in [-0.4, -0.2) is 45.5 Å². The lowest BCUT2D eigenvalue weighted by Gasteiger charge is -2.24. The summed E-state index contributed by atoms with van der Waals surface area (Å²) in [4.78, 5) is 9.67. The Bertz CT molecular complexity index is 756. The van der Waals surface area contributed by atoms with Crippen molar-refractivity contribution in [1.29, 1.82) is 0 Å². The van der Waals surface area contributed by atoms with Crippen LogP contribution in [0.15, 0.2) is 42.6 Å². The number of halogens is 1. The third kappa shape index (κ3) is 2.81. The Labute approximate surface area is 132 Å². The minimum Gasteiger partial charge on any atom is -0.354 e. The largest absolute Gasteiger partial charge is 0.354 e. The molecule has 4 rings (SSSR count). The minimum atomic E-state index is -0.848. The third-order valence-corrected chi connectivity index (χ3v) is 4.11. The molecule has 0 unspecified atom stereocenters. The van der Waals surface area contributed by atoms with E-state index in [9.17, 15) is 4.39 Å². The number of H-pyrrole nitrogens is 1. The van der Waals surface area contributed by atoms with Crippen molar-refractivity contribution in [3.05, 3.63) is 42.6 Å². The van der Waals surface area contributed by atoms with E-state index in [1.165, 1.54) is 0 Å². The van der Waals surface area contributed by atoms with E-state index in [1.54, 1.807) is 6.20 Å². The van der Waals surface area contributed by atoms with Crippen molar-refractivity contribution in [3.8, 4) is 0 Å². The Kier molecular flexibility index (Phi) is 3.53. The molecule has 1 aliphatic heterocycles. The highest BCUT2D eigenvalue weighted by Crippen LogP contribution is 2.25. The molecule has 1 aromatic carbocycles. The first kappa shape index (κ1) is 13.9. The van der Waals surface area contributed by atoms with E-state index < -0.39 is 6.17 Å². The van der Waals surface area contributed by atoms with Crippen LogP contribution in [0, 0.1) is 0 Å². The van der Waals surface area contributed by atoms with Crippen molar-refractivity contribution >= 4 is 22.8 Å². The maximum Gasteiger partial charge on any atom is 0.201 e. The van der Waals surface area contributed by atoms with Gasteiger partial charge in [-0.25, -0.2) is 9.37 Å². The second-order valence-corrected chi connectivity index (χ2v) is 5.70. The predicted octanol–water partition coefficient (Wildman–Crippen LogP) is 2.38. The molecule has 0 radical (unpaired) electrons. The van der Waals surface area contributed by atoms with E-state index in [1.807, 2.05) is 41.3 Å². The van der Waals surface area contributed by atoms with Crippen LogP contribution in [0.5, 0.6) is 0 Å².